The van der Waals surface area contributed by atoms with Gasteiger partial charge in [0.05, 0.1) is 6.54 Å². The minimum atomic E-state index is -0.629. The largest absolute Gasteiger partial charge is 0.385 e. The first kappa shape index (κ1) is 18.2. The molecule has 2 amide bonds. The number of amides is 2. The molecule has 0 fully saturated rings. The van der Waals surface area contributed by atoms with Crippen LogP contribution in [0.5, 0.6) is 0 Å². The number of halogens is 1. The van der Waals surface area contributed by atoms with Crippen molar-refractivity contribution in [2.45, 2.75) is 19.5 Å². The number of rotatable bonds is 7. The van der Waals surface area contributed by atoms with Gasteiger partial charge in [-0.25, -0.2) is 14.3 Å². The van der Waals surface area contributed by atoms with Crippen LogP contribution in [0.2, 0.25) is 5.02 Å². The van der Waals surface area contributed by atoms with Crippen LogP contribution in [0.25, 0.3) is 0 Å². The molecule has 1 aromatic carbocycles. The van der Waals surface area contributed by atoms with Gasteiger partial charge in [0.15, 0.2) is 5.82 Å². The summed E-state index contributed by atoms with van der Waals surface area (Å²) < 4.78 is 7.09. The molecular formula is C16H18ClN5O4. The third-order valence-electron chi connectivity index (χ3n) is 3.92. The van der Waals surface area contributed by atoms with Gasteiger partial charge in [-0.3, -0.25) is 9.69 Å². The fourth-order valence-electron chi connectivity index (χ4n) is 2.68. The zero-order chi connectivity index (χ0) is 18.7. The number of carbonyl (C=O) groups excluding carboxylic acids is 2. The second kappa shape index (κ2) is 7.71. The smallest absolute Gasteiger partial charge is 0.365 e. The number of carbonyl (C=O) groups is 2. The van der Waals surface area contributed by atoms with E-state index >= 15 is 0 Å². The number of hydrogen-bond acceptors (Lipinski definition) is 5. The maximum atomic E-state index is 12.7. The maximum absolute atomic E-state index is 12.7. The van der Waals surface area contributed by atoms with Crippen molar-refractivity contribution in [3.63, 3.8) is 0 Å². The molecule has 0 saturated heterocycles. The minimum Gasteiger partial charge on any atom is -0.385 e. The summed E-state index contributed by atoms with van der Waals surface area (Å²) in [6, 6.07) is 6.32. The van der Waals surface area contributed by atoms with Crippen LogP contribution >= 0.6 is 11.6 Å². The van der Waals surface area contributed by atoms with Gasteiger partial charge in [-0.15, -0.1) is 0 Å². The Morgan fingerprint density at radius 1 is 1.31 bits per heavy atom. The molecule has 138 valence electrons. The predicted molar refractivity (Wildman–Crippen MR) is 94.4 cm³/mol. The van der Waals surface area contributed by atoms with E-state index in [-0.39, 0.29) is 19.0 Å². The van der Waals surface area contributed by atoms with Gasteiger partial charge in [0.2, 0.25) is 5.91 Å². The van der Waals surface area contributed by atoms with Gasteiger partial charge in [-0.05, 0) is 30.7 Å². The van der Waals surface area contributed by atoms with E-state index in [0.717, 1.165) is 9.36 Å². The molecule has 1 N–H and O–H groups in total. The Kier molecular flexibility index (Phi) is 5.38. The number of nitrogens with zero attached hydrogens (tertiary/aromatic N) is 4. The third kappa shape index (κ3) is 3.63. The van der Waals surface area contributed by atoms with Crippen LogP contribution in [-0.4, -0.2) is 46.5 Å². The number of anilines is 1. The summed E-state index contributed by atoms with van der Waals surface area (Å²) in [4.78, 5) is 42.1. The number of hydrogen-bond donors (Lipinski definition) is 1. The van der Waals surface area contributed by atoms with Gasteiger partial charge >= 0.3 is 11.7 Å². The molecule has 0 saturated carbocycles. The highest BCUT2D eigenvalue weighted by Crippen LogP contribution is 2.24. The molecule has 0 spiro atoms. The van der Waals surface area contributed by atoms with Gasteiger partial charge in [0, 0.05) is 31.0 Å². The van der Waals surface area contributed by atoms with Crippen molar-refractivity contribution in [2.24, 2.45) is 0 Å². The highest BCUT2D eigenvalue weighted by molar-refractivity contribution is 6.30. The molecule has 0 radical (unpaired) electrons. The van der Waals surface area contributed by atoms with Gasteiger partial charge in [0.1, 0.15) is 6.54 Å². The van der Waals surface area contributed by atoms with Crippen LogP contribution < -0.4 is 15.9 Å². The first-order valence-electron chi connectivity index (χ1n) is 8.03. The molecule has 1 aliphatic rings. The van der Waals surface area contributed by atoms with E-state index in [4.69, 9.17) is 16.3 Å². The maximum Gasteiger partial charge on any atom is 0.365 e. The molecule has 3 rings (SSSR count). The van der Waals surface area contributed by atoms with Crippen LogP contribution in [0, 0.1) is 0 Å². The summed E-state index contributed by atoms with van der Waals surface area (Å²) in [6.07, 6.45) is 0.658. The molecular weight excluding hydrogens is 362 g/mol. The second-order valence-electron chi connectivity index (χ2n) is 5.72. The van der Waals surface area contributed by atoms with Gasteiger partial charge < -0.3 is 10.1 Å². The van der Waals surface area contributed by atoms with Crippen LogP contribution in [0.4, 0.5) is 10.5 Å². The van der Waals surface area contributed by atoms with E-state index in [1.807, 2.05) is 0 Å². The molecule has 26 heavy (non-hydrogen) atoms. The Bertz CT molecular complexity index is 874. The minimum absolute atomic E-state index is 0.151. The highest BCUT2D eigenvalue weighted by atomic mass is 35.5. The van der Waals surface area contributed by atoms with E-state index in [2.05, 4.69) is 10.3 Å². The van der Waals surface area contributed by atoms with Crippen LogP contribution in [0.1, 0.15) is 12.2 Å². The lowest BCUT2D eigenvalue weighted by Crippen LogP contribution is -2.38. The van der Waals surface area contributed by atoms with E-state index in [0.29, 0.717) is 36.1 Å². The molecule has 10 heteroatoms. The van der Waals surface area contributed by atoms with E-state index in [1.165, 1.54) is 4.90 Å². The van der Waals surface area contributed by atoms with E-state index in [1.54, 1.807) is 31.4 Å². The van der Waals surface area contributed by atoms with Crippen molar-refractivity contribution < 1.29 is 14.3 Å². The zero-order valence-corrected chi connectivity index (χ0v) is 14.9. The zero-order valence-electron chi connectivity index (χ0n) is 14.1. The lowest BCUT2D eigenvalue weighted by molar-refractivity contribution is -0.122. The summed E-state index contributed by atoms with van der Waals surface area (Å²) in [5.74, 6) is -0.0780. The first-order valence-corrected chi connectivity index (χ1v) is 8.41. The van der Waals surface area contributed by atoms with Crippen molar-refractivity contribution in [1.82, 2.24) is 19.7 Å². The molecule has 0 aliphatic carbocycles. The first-order chi connectivity index (χ1) is 12.5. The number of ether oxygens (including phenoxy) is 1. The summed E-state index contributed by atoms with van der Waals surface area (Å²) in [5.41, 5.74) is 0.00376. The van der Waals surface area contributed by atoms with Crippen LogP contribution in [0.15, 0.2) is 29.1 Å². The van der Waals surface area contributed by atoms with Crippen molar-refractivity contribution >= 4 is 29.2 Å². The van der Waals surface area contributed by atoms with Crippen LogP contribution in [-0.2, 0) is 22.6 Å². The lowest BCUT2D eigenvalue weighted by atomic mass is 10.3. The molecule has 9 nitrogen and oxygen atoms in total. The van der Waals surface area contributed by atoms with Gasteiger partial charge in [0.25, 0.3) is 0 Å². The molecule has 1 aromatic heterocycles. The number of aromatic nitrogens is 3. The SMILES string of the molecule is COCCCNC(=O)Cn1c(=O)nc2n1C(=O)N(c1ccc(Cl)cc1)C2. The Labute approximate surface area is 154 Å². The van der Waals surface area contributed by atoms with Crippen molar-refractivity contribution in [3.05, 3.63) is 45.6 Å². The summed E-state index contributed by atoms with van der Waals surface area (Å²) in [7, 11) is 1.58. The summed E-state index contributed by atoms with van der Waals surface area (Å²) >= 11 is 5.87. The lowest BCUT2D eigenvalue weighted by Gasteiger charge is -2.15. The molecule has 1 aliphatic heterocycles. The number of fused-ring (bicyclic) bond motifs is 1. The van der Waals surface area contributed by atoms with Crippen molar-refractivity contribution in [3.8, 4) is 0 Å². The summed E-state index contributed by atoms with van der Waals surface area (Å²) in [5, 5.41) is 3.23. The Hall–Kier alpha value is -2.65. The van der Waals surface area contributed by atoms with Gasteiger partial charge in [-0.2, -0.15) is 9.67 Å². The molecule has 2 aromatic rings. The standard InChI is InChI=1S/C16H18ClN5O4/c1-26-8-2-7-18-14(23)10-21-15(24)19-13-9-20(16(25)22(13)21)12-5-3-11(17)4-6-12/h3-6H,2,7-10H2,1H3,(H,18,23). The van der Waals surface area contributed by atoms with Crippen LogP contribution in [0.3, 0.4) is 0 Å². The molecule has 0 bridgehead atoms. The van der Waals surface area contributed by atoms with Crippen molar-refractivity contribution in [2.75, 3.05) is 25.2 Å². The fraction of sp³-hybridized carbons (Fsp3) is 0.375. The molecule has 0 atom stereocenters. The average molecular weight is 380 g/mol. The summed E-state index contributed by atoms with van der Waals surface area (Å²) in [6.45, 7) is 0.821. The highest BCUT2D eigenvalue weighted by Gasteiger charge is 2.33. The molecule has 0 unspecified atom stereocenters. The van der Waals surface area contributed by atoms with Gasteiger partial charge in [-0.1, -0.05) is 11.6 Å². The monoisotopic (exact) mass is 379 g/mol. The number of nitrogens with one attached hydrogen (secondary N) is 1. The Morgan fingerprint density at radius 3 is 2.73 bits per heavy atom. The topological polar surface area (TPSA) is 98.5 Å². The number of benzene rings is 1. The fourth-order valence-corrected chi connectivity index (χ4v) is 2.80. The predicted octanol–water partition coefficient (Wildman–Crippen LogP) is 0.839. The number of methoxy groups -OCH3 is 1. The Balaban J connectivity index is 1.74. The van der Waals surface area contributed by atoms with E-state index < -0.39 is 11.7 Å². The molecule has 2 heterocycles. The van der Waals surface area contributed by atoms with Crippen molar-refractivity contribution in [1.29, 1.82) is 0 Å². The Morgan fingerprint density at radius 2 is 2.04 bits per heavy atom. The quantitative estimate of drug-likeness (QED) is 0.719. The third-order valence-corrected chi connectivity index (χ3v) is 4.17. The average Bonchev–Trinajstić information content (AvgIpc) is 3.09. The normalized spacial score (nSPS) is 13.2. The second-order valence-corrected chi connectivity index (χ2v) is 6.16. The van der Waals surface area contributed by atoms with E-state index in [9.17, 15) is 14.4 Å².